The Hall–Kier alpha value is -2.06. The molecule has 0 bridgehead atoms. The molecule has 3 heteroatoms. The van der Waals surface area contributed by atoms with Crippen LogP contribution in [0.1, 0.15) is 22.0 Å². The summed E-state index contributed by atoms with van der Waals surface area (Å²) in [6.45, 7) is 3.86. The van der Waals surface area contributed by atoms with Crippen LogP contribution in [0.15, 0.2) is 60.7 Å². The molecule has 1 heterocycles. The Morgan fingerprint density at radius 3 is 2.68 bits per heavy atom. The van der Waals surface area contributed by atoms with Gasteiger partial charge in [0.05, 0.1) is 5.56 Å². The lowest BCUT2D eigenvalue weighted by molar-refractivity contribution is 0.0962. The van der Waals surface area contributed by atoms with Crippen LogP contribution in [-0.2, 0) is 0 Å². The fraction of sp³-hybridized carbons (Fsp3) is 0.0625. The Bertz CT molecular complexity index is 676. The van der Waals surface area contributed by atoms with Crippen molar-refractivity contribution >= 4 is 17.4 Å². The zero-order valence-corrected chi connectivity index (χ0v) is 10.9. The second-order valence-corrected chi connectivity index (χ2v) is 4.84. The molecule has 1 atom stereocenters. The van der Waals surface area contributed by atoms with Gasteiger partial charge in [-0.25, -0.2) is 0 Å². The van der Waals surface area contributed by atoms with E-state index in [0.717, 1.165) is 5.56 Å². The first-order chi connectivity index (χ1) is 9.16. The van der Waals surface area contributed by atoms with E-state index in [2.05, 4.69) is 6.58 Å². The second kappa shape index (κ2) is 4.56. The van der Waals surface area contributed by atoms with Crippen molar-refractivity contribution in [2.75, 3.05) is 0 Å². The lowest BCUT2D eigenvalue weighted by atomic mass is 9.92. The molecule has 0 spiro atoms. The minimum atomic E-state index is -0.471. The van der Waals surface area contributed by atoms with Crippen molar-refractivity contribution in [2.45, 2.75) is 6.10 Å². The van der Waals surface area contributed by atoms with Crippen LogP contribution in [0.2, 0.25) is 5.02 Å². The van der Waals surface area contributed by atoms with Crippen molar-refractivity contribution < 1.29 is 9.53 Å². The Balaban J connectivity index is 2.07. The van der Waals surface area contributed by atoms with Crippen molar-refractivity contribution in [1.82, 2.24) is 0 Å². The van der Waals surface area contributed by atoms with Gasteiger partial charge in [-0.1, -0.05) is 42.4 Å². The predicted octanol–water partition coefficient (Wildman–Crippen LogP) is 4.21. The molecule has 2 nitrogen and oxygen atoms in total. The van der Waals surface area contributed by atoms with Crippen LogP contribution in [0.5, 0.6) is 5.75 Å². The Labute approximate surface area is 116 Å². The lowest BCUT2D eigenvalue weighted by Crippen LogP contribution is -2.23. The Morgan fingerprint density at radius 2 is 1.89 bits per heavy atom. The number of rotatable bonds is 1. The molecule has 19 heavy (non-hydrogen) atoms. The largest absolute Gasteiger partial charge is 0.480 e. The average molecular weight is 271 g/mol. The molecule has 0 unspecified atom stereocenters. The molecule has 0 radical (unpaired) electrons. The molecule has 3 rings (SSSR count). The van der Waals surface area contributed by atoms with Crippen LogP contribution in [0, 0.1) is 0 Å². The van der Waals surface area contributed by atoms with Crippen molar-refractivity contribution in [1.29, 1.82) is 0 Å². The normalized spacial score (nSPS) is 17.8. The van der Waals surface area contributed by atoms with Gasteiger partial charge in [-0.3, -0.25) is 4.79 Å². The minimum Gasteiger partial charge on any atom is -0.480 e. The highest BCUT2D eigenvalue weighted by molar-refractivity contribution is 6.30. The van der Waals surface area contributed by atoms with Crippen molar-refractivity contribution in [3.05, 3.63) is 76.8 Å². The monoisotopic (exact) mass is 270 g/mol. The Morgan fingerprint density at radius 1 is 1.11 bits per heavy atom. The van der Waals surface area contributed by atoms with Crippen LogP contribution in [0.25, 0.3) is 0 Å². The van der Waals surface area contributed by atoms with E-state index in [9.17, 15) is 4.79 Å². The molecule has 1 aliphatic rings. The molecule has 0 saturated heterocycles. The number of ketones is 1. The van der Waals surface area contributed by atoms with E-state index in [-0.39, 0.29) is 5.78 Å². The van der Waals surface area contributed by atoms with E-state index in [4.69, 9.17) is 16.3 Å². The summed E-state index contributed by atoms with van der Waals surface area (Å²) in [6, 6.07) is 14.5. The third-order valence-electron chi connectivity index (χ3n) is 3.14. The molecular formula is C16H11ClO2. The van der Waals surface area contributed by atoms with Gasteiger partial charge in [0.15, 0.2) is 11.9 Å². The topological polar surface area (TPSA) is 26.3 Å². The highest BCUT2D eigenvalue weighted by Crippen LogP contribution is 2.37. The Kier molecular flexibility index (Phi) is 2.88. The first-order valence-corrected chi connectivity index (χ1v) is 6.29. The van der Waals surface area contributed by atoms with Gasteiger partial charge in [0.2, 0.25) is 0 Å². The summed E-state index contributed by atoms with van der Waals surface area (Å²) in [5.41, 5.74) is 1.83. The van der Waals surface area contributed by atoms with Gasteiger partial charge in [-0.15, -0.1) is 0 Å². The predicted molar refractivity (Wildman–Crippen MR) is 74.7 cm³/mol. The quantitative estimate of drug-likeness (QED) is 0.726. The molecule has 2 aromatic carbocycles. The molecule has 0 fully saturated rings. The number of para-hydroxylation sites is 1. The summed E-state index contributed by atoms with van der Waals surface area (Å²) >= 11 is 5.98. The molecule has 0 saturated carbocycles. The van der Waals surface area contributed by atoms with Gasteiger partial charge >= 0.3 is 0 Å². The first kappa shape index (κ1) is 12.0. The van der Waals surface area contributed by atoms with Crippen molar-refractivity contribution in [2.24, 2.45) is 0 Å². The van der Waals surface area contributed by atoms with E-state index < -0.39 is 6.10 Å². The smallest absolute Gasteiger partial charge is 0.196 e. The highest BCUT2D eigenvalue weighted by Gasteiger charge is 2.31. The summed E-state index contributed by atoms with van der Waals surface area (Å²) in [4.78, 5) is 12.3. The van der Waals surface area contributed by atoms with Gasteiger partial charge in [0.1, 0.15) is 5.75 Å². The standard InChI is InChI=1S/C16H11ClO2/c1-10-15(18)13-7-2-3-8-14(13)19-16(10)11-5-4-6-12(17)9-11/h2-9,16H,1H2/t16-/m1/s1. The molecule has 0 aliphatic carbocycles. The summed E-state index contributed by atoms with van der Waals surface area (Å²) in [5.74, 6) is 0.511. The zero-order chi connectivity index (χ0) is 13.4. The second-order valence-electron chi connectivity index (χ2n) is 4.40. The minimum absolute atomic E-state index is 0.0770. The molecule has 0 aromatic heterocycles. The van der Waals surface area contributed by atoms with E-state index in [1.165, 1.54) is 0 Å². The zero-order valence-electron chi connectivity index (χ0n) is 10.1. The molecule has 2 aromatic rings. The van der Waals surface area contributed by atoms with E-state index >= 15 is 0 Å². The number of ether oxygens (including phenoxy) is 1. The lowest BCUT2D eigenvalue weighted by Gasteiger charge is -2.27. The van der Waals surface area contributed by atoms with Crippen LogP contribution >= 0.6 is 11.6 Å². The summed E-state index contributed by atoms with van der Waals surface area (Å²) in [5, 5.41) is 0.611. The molecular weight excluding hydrogens is 260 g/mol. The van der Waals surface area contributed by atoms with Gasteiger partial charge in [0.25, 0.3) is 0 Å². The van der Waals surface area contributed by atoms with Crippen LogP contribution in [0.4, 0.5) is 0 Å². The van der Waals surface area contributed by atoms with E-state index in [1.807, 2.05) is 24.3 Å². The number of Topliss-reactive ketones (excluding diaryl/α,β-unsaturated/α-hetero) is 1. The molecule has 0 N–H and O–H groups in total. The van der Waals surface area contributed by atoms with Gasteiger partial charge in [0, 0.05) is 10.6 Å². The third-order valence-corrected chi connectivity index (χ3v) is 3.37. The number of benzene rings is 2. The average Bonchev–Trinajstić information content (AvgIpc) is 2.43. The van der Waals surface area contributed by atoms with Gasteiger partial charge in [-0.05, 0) is 29.8 Å². The van der Waals surface area contributed by atoms with Crippen LogP contribution in [0.3, 0.4) is 0 Å². The number of hydrogen-bond donors (Lipinski definition) is 0. The molecule has 1 aliphatic heterocycles. The number of carbonyl (C=O) groups is 1. The fourth-order valence-electron chi connectivity index (χ4n) is 2.19. The molecule has 94 valence electrons. The summed E-state index contributed by atoms with van der Waals surface area (Å²) in [6.07, 6.45) is -0.471. The fourth-order valence-corrected chi connectivity index (χ4v) is 2.38. The van der Waals surface area contributed by atoms with Crippen molar-refractivity contribution in [3.63, 3.8) is 0 Å². The van der Waals surface area contributed by atoms with E-state index in [0.29, 0.717) is 21.9 Å². The third kappa shape index (κ3) is 2.04. The number of halogens is 1. The number of hydrogen-bond acceptors (Lipinski definition) is 2. The van der Waals surface area contributed by atoms with Crippen molar-refractivity contribution in [3.8, 4) is 5.75 Å². The van der Waals surface area contributed by atoms with E-state index in [1.54, 1.807) is 24.3 Å². The maximum atomic E-state index is 12.3. The summed E-state index contributed by atoms with van der Waals surface area (Å²) in [7, 11) is 0. The van der Waals surface area contributed by atoms with Crippen LogP contribution < -0.4 is 4.74 Å². The van der Waals surface area contributed by atoms with Crippen LogP contribution in [-0.4, -0.2) is 5.78 Å². The maximum absolute atomic E-state index is 12.3. The highest BCUT2D eigenvalue weighted by atomic mass is 35.5. The van der Waals surface area contributed by atoms with Gasteiger partial charge in [-0.2, -0.15) is 0 Å². The maximum Gasteiger partial charge on any atom is 0.196 e. The van der Waals surface area contributed by atoms with Gasteiger partial charge < -0.3 is 4.74 Å². The first-order valence-electron chi connectivity index (χ1n) is 5.91. The SMILES string of the molecule is C=C1C(=O)c2ccccc2O[C@H]1c1cccc(Cl)c1. The summed E-state index contributed by atoms with van der Waals surface area (Å²) < 4.78 is 5.88. The number of carbonyl (C=O) groups excluding carboxylic acids is 1. The number of fused-ring (bicyclic) bond motifs is 1. The molecule has 0 amide bonds.